The maximum atomic E-state index is 13.4. The SMILES string of the molecule is CCCCCCCCCCCCCCC(F)C(=O)NCCO. The van der Waals surface area contributed by atoms with Gasteiger partial charge in [0.2, 0.25) is 0 Å². The second-order valence-corrected chi connectivity index (χ2v) is 6.16. The summed E-state index contributed by atoms with van der Waals surface area (Å²) in [4.78, 5) is 11.2. The lowest BCUT2D eigenvalue weighted by atomic mass is 10.0. The largest absolute Gasteiger partial charge is 0.395 e. The highest BCUT2D eigenvalue weighted by molar-refractivity contribution is 5.80. The Bertz CT molecular complexity index is 249. The average Bonchev–Trinajstić information content (AvgIpc) is 2.53. The molecule has 0 saturated carbocycles. The Morgan fingerprint density at radius 3 is 1.82 bits per heavy atom. The van der Waals surface area contributed by atoms with Crippen LogP contribution in [-0.4, -0.2) is 30.3 Å². The van der Waals surface area contributed by atoms with Gasteiger partial charge in [-0.05, 0) is 6.42 Å². The Balaban J connectivity index is 3.21. The summed E-state index contributed by atoms with van der Waals surface area (Å²) >= 11 is 0. The maximum Gasteiger partial charge on any atom is 0.254 e. The standard InChI is InChI=1S/C18H36FNO2/c1-2-3-4-5-6-7-8-9-10-11-12-13-14-17(19)18(22)20-15-16-21/h17,21H,2-16H2,1H3,(H,20,22). The highest BCUT2D eigenvalue weighted by atomic mass is 19.1. The second-order valence-electron chi connectivity index (χ2n) is 6.16. The van der Waals surface area contributed by atoms with Crippen LogP contribution in [0.4, 0.5) is 4.39 Å². The van der Waals surface area contributed by atoms with E-state index in [0.717, 1.165) is 19.3 Å². The summed E-state index contributed by atoms with van der Waals surface area (Å²) in [5.41, 5.74) is 0. The van der Waals surface area contributed by atoms with Gasteiger partial charge in [-0.15, -0.1) is 0 Å². The number of alkyl halides is 1. The van der Waals surface area contributed by atoms with Crippen LogP contribution in [0.15, 0.2) is 0 Å². The molecule has 132 valence electrons. The van der Waals surface area contributed by atoms with E-state index < -0.39 is 12.1 Å². The fourth-order valence-electron chi connectivity index (χ4n) is 2.59. The van der Waals surface area contributed by atoms with E-state index in [1.165, 1.54) is 57.8 Å². The van der Waals surface area contributed by atoms with Crippen molar-refractivity contribution in [2.24, 2.45) is 0 Å². The predicted octanol–water partition coefficient (Wildman–Crippen LogP) is 4.52. The van der Waals surface area contributed by atoms with Gasteiger partial charge in [0, 0.05) is 6.54 Å². The first-order valence-electron chi connectivity index (χ1n) is 9.25. The molecule has 0 rings (SSSR count). The molecule has 1 atom stereocenters. The fourth-order valence-corrected chi connectivity index (χ4v) is 2.59. The van der Waals surface area contributed by atoms with Crippen molar-refractivity contribution >= 4 is 5.91 Å². The molecule has 1 unspecified atom stereocenters. The van der Waals surface area contributed by atoms with Gasteiger partial charge in [-0.3, -0.25) is 4.79 Å². The lowest BCUT2D eigenvalue weighted by molar-refractivity contribution is -0.126. The van der Waals surface area contributed by atoms with E-state index >= 15 is 0 Å². The molecule has 0 aromatic rings. The van der Waals surface area contributed by atoms with Crippen LogP contribution in [0.2, 0.25) is 0 Å². The third-order valence-electron chi connectivity index (χ3n) is 4.01. The van der Waals surface area contributed by atoms with E-state index in [4.69, 9.17) is 5.11 Å². The Morgan fingerprint density at radius 1 is 0.909 bits per heavy atom. The number of aliphatic hydroxyl groups excluding tert-OH is 1. The highest BCUT2D eigenvalue weighted by Crippen LogP contribution is 2.13. The first-order valence-corrected chi connectivity index (χ1v) is 9.25. The van der Waals surface area contributed by atoms with Crippen molar-refractivity contribution in [3.05, 3.63) is 0 Å². The third-order valence-corrected chi connectivity index (χ3v) is 4.01. The molecular weight excluding hydrogens is 281 g/mol. The van der Waals surface area contributed by atoms with Crippen molar-refractivity contribution in [1.29, 1.82) is 0 Å². The average molecular weight is 317 g/mol. The second kappa shape index (κ2) is 16.7. The zero-order chi connectivity index (χ0) is 16.5. The molecule has 0 radical (unpaired) electrons. The molecule has 0 bridgehead atoms. The summed E-state index contributed by atoms with van der Waals surface area (Å²) < 4.78 is 13.4. The van der Waals surface area contributed by atoms with Crippen molar-refractivity contribution in [2.75, 3.05) is 13.2 Å². The molecule has 22 heavy (non-hydrogen) atoms. The topological polar surface area (TPSA) is 49.3 Å². The van der Waals surface area contributed by atoms with E-state index in [0.29, 0.717) is 6.42 Å². The van der Waals surface area contributed by atoms with E-state index in [-0.39, 0.29) is 13.2 Å². The number of carbonyl (C=O) groups excluding carboxylic acids is 1. The van der Waals surface area contributed by atoms with Crippen molar-refractivity contribution in [2.45, 2.75) is 96.6 Å². The van der Waals surface area contributed by atoms with Gasteiger partial charge in [0.05, 0.1) is 6.61 Å². The van der Waals surface area contributed by atoms with Crippen molar-refractivity contribution in [3.63, 3.8) is 0 Å². The Morgan fingerprint density at radius 2 is 1.36 bits per heavy atom. The van der Waals surface area contributed by atoms with E-state index in [2.05, 4.69) is 12.2 Å². The molecule has 2 N–H and O–H groups in total. The minimum absolute atomic E-state index is 0.137. The van der Waals surface area contributed by atoms with E-state index in [1.54, 1.807) is 0 Å². The fraction of sp³-hybridized carbons (Fsp3) is 0.944. The molecule has 1 amide bonds. The van der Waals surface area contributed by atoms with Crippen LogP contribution in [0.3, 0.4) is 0 Å². The summed E-state index contributed by atoms with van der Waals surface area (Å²) in [6.07, 6.45) is 13.8. The van der Waals surface area contributed by atoms with Crippen LogP contribution in [0, 0.1) is 0 Å². The molecule has 0 aliphatic heterocycles. The van der Waals surface area contributed by atoms with Crippen molar-refractivity contribution < 1.29 is 14.3 Å². The van der Waals surface area contributed by atoms with Crippen LogP contribution in [0.25, 0.3) is 0 Å². The predicted molar refractivity (Wildman–Crippen MR) is 90.7 cm³/mol. The normalized spacial score (nSPS) is 12.3. The number of aliphatic hydroxyl groups is 1. The summed E-state index contributed by atoms with van der Waals surface area (Å²) in [7, 11) is 0. The molecule has 0 saturated heterocycles. The molecular formula is C18H36FNO2. The summed E-state index contributed by atoms with van der Waals surface area (Å²) in [5.74, 6) is -0.586. The van der Waals surface area contributed by atoms with Crippen molar-refractivity contribution in [3.8, 4) is 0 Å². The summed E-state index contributed by atoms with van der Waals surface area (Å²) in [6.45, 7) is 2.24. The molecule has 0 fully saturated rings. The molecule has 0 spiro atoms. The highest BCUT2D eigenvalue weighted by Gasteiger charge is 2.15. The molecule has 3 nitrogen and oxygen atoms in total. The maximum absolute atomic E-state index is 13.4. The molecule has 0 aromatic carbocycles. The first kappa shape index (κ1) is 21.4. The third kappa shape index (κ3) is 14.3. The van der Waals surface area contributed by atoms with Gasteiger partial charge in [0.1, 0.15) is 0 Å². The lowest BCUT2D eigenvalue weighted by Crippen LogP contribution is -2.33. The number of hydrogen-bond donors (Lipinski definition) is 2. The van der Waals surface area contributed by atoms with Gasteiger partial charge in [-0.2, -0.15) is 0 Å². The molecule has 0 aliphatic rings. The number of hydrogen-bond acceptors (Lipinski definition) is 2. The number of rotatable bonds is 16. The van der Waals surface area contributed by atoms with Crippen molar-refractivity contribution in [1.82, 2.24) is 5.32 Å². The van der Waals surface area contributed by atoms with Crippen LogP contribution in [0.1, 0.15) is 90.4 Å². The number of nitrogens with one attached hydrogen (secondary N) is 1. The van der Waals surface area contributed by atoms with Crippen LogP contribution < -0.4 is 5.32 Å². The quantitative estimate of drug-likeness (QED) is 0.411. The molecule has 4 heteroatoms. The number of amides is 1. The first-order chi connectivity index (χ1) is 10.7. The summed E-state index contributed by atoms with van der Waals surface area (Å²) in [6, 6.07) is 0. The van der Waals surface area contributed by atoms with E-state index in [1.807, 2.05) is 0 Å². The Hall–Kier alpha value is -0.640. The lowest BCUT2D eigenvalue weighted by Gasteiger charge is -2.08. The zero-order valence-electron chi connectivity index (χ0n) is 14.4. The van der Waals surface area contributed by atoms with Gasteiger partial charge in [-0.1, -0.05) is 84.0 Å². The Labute approximate surface area is 136 Å². The summed E-state index contributed by atoms with van der Waals surface area (Å²) in [5, 5.41) is 10.9. The van der Waals surface area contributed by atoms with Gasteiger partial charge in [0.15, 0.2) is 6.17 Å². The smallest absolute Gasteiger partial charge is 0.254 e. The van der Waals surface area contributed by atoms with Crippen LogP contribution in [0.5, 0.6) is 0 Å². The minimum Gasteiger partial charge on any atom is -0.395 e. The van der Waals surface area contributed by atoms with Gasteiger partial charge in [0.25, 0.3) is 5.91 Å². The minimum atomic E-state index is -1.42. The van der Waals surface area contributed by atoms with Gasteiger partial charge < -0.3 is 10.4 Å². The number of carbonyl (C=O) groups is 1. The molecule has 0 aromatic heterocycles. The van der Waals surface area contributed by atoms with E-state index in [9.17, 15) is 9.18 Å². The van der Waals surface area contributed by atoms with Crippen LogP contribution in [-0.2, 0) is 4.79 Å². The van der Waals surface area contributed by atoms with Crippen LogP contribution >= 0.6 is 0 Å². The number of halogens is 1. The zero-order valence-corrected chi connectivity index (χ0v) is 14.4. The van der Waals surface area contributed by atoms with Gasteiger partial charge >= 0.3 is 0 Å². The monoisotopic (exact) mass is 317 g/mol. The number of unbranched alkanes of at least 4 members (excludes halogenated alkanes) is 11. The molecule has 0 aliphatic carbocycles. The Kier molecular flexibility index (Phi) is 16.2. The molecule has 0 heterocycles. The van der Waals surface area contributed by atoms with Gasteiger partial charge in [-0.25, -0.2) is 4.39 Å².